The van der Waals surface area contributed by atoms with Gasteiger partial charge in [-0.05, 0) is 29.9 Å². The van der Waals surface area contributed by atoms with Gasteiger partial charge in [0.25, 0.3) is 0 Å². The quantitative estimate of drug-likeness (QED) is 0.0656. The number of thiazole rings is 2. The average molecular weight is 851 g/mol. The van der Waals surface area contributed by atoms with Crippen molar-refractivity contribution in [3.8, 4) is 0 Å². The summed E-state index contributed by atoms with van der Waals surface area (Å²) in [6, 6.07) is 15.9. The zero-order chi connectivity index (χ0) is 42.7. The Balaban J connectivity index is 1.61. The number of carbonyl (C=O) groups excluding carboxylic acids is 5. The molecule has 0 saturated heterocycles. The summed E-state index contributed by atoms with van der Waals surface area (Å²) in [7, 11) is 2.85. The lowest BCUT2D eigenvalue weighted by Gasteiger charge is -2.32. The molecule has 0 fully saturated rings. The number of carbonyl (C=O) groups is 5. The maximum Gasteiger partial charge on any atom is 0.407 e. The zero-order valence-corrected chi connectivity index (χ0v) is 35.9. The van der Waals surface area contributed by atoms with Crippen LogP contribution in [0.15, 0.2) is 77.8 Å². The standard InChI is InChI=1S/C42H54N6O9S2/c1-27(2)38(47-41(52)48(5)21-32-25-58-40(45-32)28(3)4)39(51)44-31(17-29-13-9-7-10-14-29)19-35(57-37(50)24-55-23-36(49)54-6)34(18-30-15-11-8-12-16-30)46-42(53)56-22-33-20-43-26-59-33/h7-16,20,25-28,31,34-35,38H,17-19,21-24H2,1-6H3,(H,44,51)(H,46,53)(H,47,52). The molecular formula is C42H54N6O9S2. The predicted molar refractivity (Wildman–Crippen MR) is 224 cm³/mol. The summed E-state index contributed by atoms with van der Waals surface area (Å²) in [4.78, 5) is 77.0. The number of rotatable bonds is 22. The topological polar surface area (TPSA) is 187 Å². The molecule has 0 spiro atoms. The van der Waals surface area contributed by atoms with Crippen LogP contribution >= 0.6 is 22.7 Å². The fourth-order valence-electron chi connectivity index (χ4n) is 5.98. The maximum atomic E-state index is 14.2. The van der Waals surface area contributed by atoms with E-state index < -0.39 is 67.4 Å². The second-order valence-electron chi connectivity index (χ2n) is 14.6. The highest BCUT2D eigenvalue weighted by Crippen LogP contribution is 2.21. The van der Waals surface area contributed by atoms with E-state index in [1.54, 1.807) is 30.1 Å². The Morgan fingerprint density at radius 3 is 2.08 bits per heavy atom. The highest BCUT2D eigenvalue weighted by molar-refractivity contribution is 7.09. The molecular weight excluding hydrogens is 797 g/mol. The van der Waals surface area contributed by atoms with Crippen LogP contribution in [0.4, 0.5) is 9.59 Å². The smallest absolute Gasteiger partial charge is 0.407 e. The summed E-state index contributed by atoms with van der Waals surface area (Å²) in [5.41, 5.74) is 4.10. The van der Waals surface area contributed by atoms with Gasteiger partial charge in [-0.1, -0.05) is 88.4 Å². The first-order valence-corrected chi connectivity index (χ1v) is 21.1. The molecule has 4 aromatic rings. The van der Waals surface area contributed by atoms with Crippen LogP contribution in [0.25, 0.3) is 0 Å². The van der Waals surface area contributed by atoms with E-state index in [1.807, 2.05) is 79.9 Å². The van der Waals surface area contributed by atoms with Gasteiger partial charge in [0.05, 0.1) is 40.8 Å². The number of amides is 4. The number of nitrogens with one attached hydrogen (secondary N) is 3. The second kappa shape index (κ2) is 23.9. The van der Waals surface area contributed by atoms with Gasteiger partial charge in [0, 0.05) is 37.0 Å². The van der Waals surface area contributed by atoms with Crippen LogP contribution in [-0.4, -0.2) is 96.4 Å². The molecule has 0 saturated carbocycles. The predicted octanol–water partition coefficient (Wildman–Crippen LogP) is 5.65. The Morgan fingerprint density at radius 1 is 0.831 bits per heavy atom. The van der Waals surface area contributed by atoms with Gasteiger partial charge in [0.2, 0.25) is 5.91 Å². The van der Waals surface area contributed by atoms with E-state index in [1.165, 1.54) is 23.3 Å². The molecule has 3 N–H and O–H groups in total. The lowest BCUT2D eigenvalue weighted by atomic mass is 9.92. The first-order valence-electron chi connectivity index (χ1n) is 19.3. The molecule has 0 aliphatic heterocycles. The lowest BCUT2D eigenvalue weighted by molar-refractivity contribution is -0.159. The van der Waals surface area contributed by atoms with Gasteiger partial charge >= 0.3 is 24.1 Å². The van der Waals surface area contributed by atoms with Crippen LogP contribution in [0, 0.1) is 5.92 Å². The number of hydrogen-bond acceptors (Lipinski definition) is 13. The van der Waals surface area contributed by atoms with Gasteiger partial charge in [-0.2, -0.15) is 0 Å². The molecule has 318 valence electrons. The van der Waals surface area contributed by atoms with Crippen LogP contribution < -0.4 is 16.0 Å². The first kappa shape index (κ1) is 46.3. The molecule has 4 atom stereocenters. The molecule has 17 heteroatoms. The van der Waals surface area contributed by atoms with Gasteiger partial charge in [-0.15, -0.1) is 22.7 Å². The second-order valence-corrected chi connectivity index (χ2v) is 16.4. The Kier molecular flexibility index (Phi) is 18.7. The van der Waals surface area contributed by atoms with Crippen LogP contribution in [-0.2, 0) is 59.3 Å². The van der Waals surface area contributed by atoms with Crippen LogP contribution in [0.3, 0.4) is 0 Å². The van der Waals surface area contributed by atoms with E-state index in [4.69, 9.17) is 14.2 Å². The van der Waals surface area contributed by atoms with Gasteiger partial charge in [-0.3, -0.25) is 9.78 Å². The Morgan fingerprint density at radius 2 is 1.49 bits per heavy atom. The Hall–Kier alpha value is -5.39. The number of ether oxygens (including phenoxy) is 4. The van der Waals surface area contributed by atoms with E-state index in [0.717, 1.165) is 26.7 Å². The molecule has 4 unspecified atom stereocenters. The minimum absolute atomic E-state index is 0.0205. The summed E-state index contributed by atoms with van der Waals surface area (Å²) < 4.78 is 21.4. The summed E-state index contributed by atoms with van der Waals surface area (Å²) in [5, 5.41) is 11.8. The maximum absolute atomic E-state index is 14.2. The average Bonchev–Trinajstić information content (AvgIpc) is 3.92. The highest BCUT2D eigenvalue weighted by Gasteiger charge is 2.34. The minimum Gasteiger partial charge on any atom is -0.467 e. The fourth-order valence-corrected chi connectivity index (χ4v) is 7.31. The van der Waals surface area contributed by atoms with Gasteiger partial charge < -0.3 is 39.8 Å². The Labute approximate surface area is 353 Å². The fraction of sp³-hybridized carbons (Fsp3) is 0.452. The van der Waals surface area contributed by atoms with Crippen molar-refractivity contribution in [2.45, 2.75) is 90.3 Å². The number of hydrogen-bond donors (Lipinski definition) is 3. The normalized spacial score (nSPS) is 13.2. The van der Waals surface area contributed by atoms with Crippen molar-refractivity contribution in [1.29, 1.82) is 0 Å². The lowest BCUT2D eigenvalue weighted by Crippen LogP contribution is -2.56. The summed E-state index contributed by atoms with van der Waals surface area (Å²) in [6.45, 7) is 6.98. The molecule has 4 rings (SSSR count). The molecule has 0 bridgehead atoms. The van der Waals surface area contributed by atoms with E-state index >= 15 is 0 Å². The molecule has 0 aliphatic carbocycles. The molecule has 2 aromatic carbocycles. The van der Waals surface area contributed by atoms with Crippen LogP contribution in [0.2, 0.25) is 0 Å². The molecule has 0 aliphatic rings. The van der Waals surface area contributed by atoms with Crippen molar-refractivity contribution in [1.82, 2.24) is 30.8 Å². The largest absolute Gasteiger partial charge is 0.467 e. The molecule has 0 radical (unpaired) electrons. The van der Waals surface area contributed by atoms with Crippen LogP contribution in [0.5, 0.6) is 0 Å². The van der Waals surface area contributed by atoms with E-state index in [-0.39, 0.29) is 37.8 Å². The van der Waals surface area contributed by atoms with Crippen molar-refractivity contribution in [3.63, 3.8) is 0 Å². The van der Waals surface area contributed by atoms with Gasteiger partial charge in [0.1, 0.15) is 32.0 Å². The monoisotopic (exact) mass is 850 g/mol. The number of urea groups is 1. The SMILES string of the molecule is COC(=O)COCC(=O)OC(CC(Cc1ccccc1)NC(=O)C(NC(=O)N(C)Cc1csc(C(C)C)n1)C(C)C)C(Cc1ccccc1)NC(=O)OCc1cncs1. The number of aromatic nitrogens is 2. The number of benzene rings is 2. The van der Waals surface area contributed by atoms with Gasteiger partial charge in [-0.25, -0.2) is 24.2 Å². The third-order valence-electron chi connectivity index (χ3n) is 9.06. The molecule has 15 nitrogen and oxygen atoms in total. The van der Waals surface area contributed by atoms with Crippen molar-refractivity contribution < 1.29 is 42.9 Å². The molecule has 2 aromatic heterocycles. The van der Waals surface area contributed by atoms with Crippen LogP contribution in [0.1, 0.15) is 66.7 Å². The van der Waals surface area contributed by atoms with Crippen molar-refractivity contribution >= 4 is 52.6 Å². The van der Waals surface area contributed by atoms with Crippen molar-refractivity contribution in [2.24, 2.45) is 5.92 Å². The first-order chi connectivity index (χ1) is 28.3. The summed E-state index contributed by atoms with van der Waals surface area (Å²) in [5.74, 6) is -1.97. The zero-order valence-electron chi connectivity index (χ0n) is 34.3. The summed E-state index contributed by atoms with van der Waals surface area (Å²) >= 11 is 2.88. The Bertz CT molecular complexity index is 1910. The van der Waals surface area contributed by atoms with Crippen molar-refractivity contribution in [2.75, 3.05) is 27.4 Å². The molecule has 4 amide bonds. The van der Waals surface area contributed by atoms with E-state index in [9.17, 15) is 24.0 Å². The minimum atomic E-state index is -1.05. The highest BCUT2D eigenvalue weighted by atomic mass is 32.1. The number of alkyl carbamates (subject to hydrolysis) is 1. The molecule has 59 heavy (non-hydrogen) atoms. The van der Waals surface area contributed by atoms with E-state index in [2.05, 4.69) is 44.5 Å². The number of methoxy groups -OCH3 is 1. The van der Waals surface area contributed by atoms with Crippen molar-refractivity contribution in [3.05, 3.63) is 104 Å². The van der Waals surface area contributed by atoms with E-state index in [0.29, 0.717) is 6.42 Å². The summed E-state index contributed by atoms with van der Waals surface area (Å²) in [6.07, 6.45) is 0.351. The van der Waals surface area contributed by atoms with Gasteiger partial charge in [0.15, 0.2) is 0 Å². The third kappa shape index (κ3) is 16.1. The number of esters is 2. The molecule has 2 heterocycles. The number of nitrogens with zero attached hydrogens (tertiary/aromatic N) is 3. The third-order valence-corrected chi connectivity index (χ3v) is 11.0.